The second-order valence-corrected chi connectivity index (χ2v) is 3.01. The van der Waals surface area contributed by atoms with Gasteiger partial charge >= 0.3 is 11.9 Å². The van der Waals surface area contributed by atoms with Crippen LogP contribution in [-0.4, -0.2) is 58.5 Å². The molecule has 0 aromatic heterocycles. The zero-order valence-corrected chi connectivity index (χ0v) is 9.04. The van der Waals surface area contributed by atoms with E-state index in [1.54, 1.807) is 4.90 Å². The minimum absolute atomic E-state index is 0.264. The van der Waals surface area contributed by atoms with Crippen LogP contribution in [0.1, 0.15) is 13.3 Å². The zero-order chi connectivity index (χ0) is 12.6. The number of nitrogens with zero attached hydrogens (tertiary/aromatic N) is 1. The van der Waals surface area contributed by atoms with Crippen LogP contribution in [0.3, 0.4) is 0 Å². The number of rotatable bonds is 4. The summed E-state index contributed by atoms with van der Waals surface area (Å²) in [6.07, 6.45) is 0.535. The molecule has 0 amide bonds. The van der Waals surface area contributed by atoms with Crippen LogP contribution in [0.5, 0.6) is 0 Å². The van der Waals surface area contributed by atoms with Gasteiger partial charge in [0.05, 0.1) is 0 Å². The maximum atomic E-state index is 9.63. The van der Waals surface area contributed by atoms with E-state index < -0.39 is 18.0 Å². The average Bonchev–Trinajstić information content (AvgIpc) is 2.15. The van der Waals surface area contributed by atoms with E-state index in [1.807, 2.05) is 21.0 Å². The maximum Gasteiger partial charge on any atom is 0.332 e. The molecule has 0 aromatic carbocycles. The Bertz CT molecular complexity index is 193. The van der Waals surface area contributed by atoms with Crippen molar-refractivity contribution in [2.24, 2.45) is 5.73 Å². The third kappa shape index (κ3) is 9.13. The number of aliphatic hydroxyl groups is 1. The molecule has 0 radical (unpaired) electrons. The summed E-state index contributed by atoms with van der Waals surface area (Å²) in [4.78, 5) is 21.0. The third-order valence-electron chi connectivity index (χ3n) is 1.49. The molecule has 0 aliphatic rings. The molecule has 90 valence electrons. The molecule has 0 saturated heterocycles. The fourth-order valence-electron chi connectivity index (χ4n) is 0.471. The second-order valence-electron chi connectivity index (χ2n) is 3.01. The zero-order valence-electron chi connectivity index (χ0n) is 9.04. The largest absolute Gasteiger partial charge is 0.480 e. The normalized spacial score (nSPS) is 11.9. The molecule has 15 heavy (non-hydrogen) atoms. The lowest BCUT2D eigenvalue weighted by molar-refractivity contribution is -0.149. The van der Waals surface area contributed by atoms with Gasteiger partial charge in [-0.15, -0.1) is 0 Å². The Morgan fingerprint density at radius 1 is 1.27 bits per heavy atom. The second kappa shape index (κ2) is 8.16. The van der Waals surface area contributed by atoms with Crippen LogP contribution in [0, 0.1) is 0 Å². The molecule has 7 heteroatoms. The maximum absolute atomic E-state index is 9.63. The van der Waals surface area contributed by atoms with Crippen molar-refractivity contribution in [3.63, 3.8) is 0 Å². The Morgan fingerprint density at radius 2 is 1.60 bits per heavy atom. The van der Waals surface area contributed by atoms with Crippen molar-refractivity contribution >= 4 is 11.9 Å². The minimum atomic E-state index is -1.80. The Kier molecular flexibility index (Phi) is 8.84. The highest BCUT2D eigenvalue weighted by atomic mass is 16.4. The minimum Gasteiger partial charge on any atom is -0.480 e. The van der Waals surface area contributed by atoms with E-state index in [0.717, 1.165) is 6.42 Å². The van der Waals surface area contributed by atoms with E-state index in [1.165, 1.54) is 0 Å². The van der Waals surface area contributed by atoms with Crippen molar-refractivity contribution in [2.75, 3.05) is 14.1 Å². The molecule has 0 fully saturated rings. The first-order valence-electron chi connectivity index (χ1n) is 4.29. The Balaban J connectivity index is 0. The average molecular weight is 222 g/mol. The number of aliphatic hydroxyl groups excluding tert-OH is 1. The molecule has 1 atom stereocenters. The first-order chi connectivity index (χ1) is 6.73. The molecule has 0 saturated carbocycles. The van der Waals surface area contributed by atoms with Gasteiger partial charge in [0.15, 0.2) is 0 Å². The highest BCUT2D eigenvalue weighted by Crippen LogP contribution is 1.90. The first-order valence-corrected chi connectivity index (χ1v) is 4.29. The van der Waals surface area contributed by atoms with Crippen molar-refractivity contribution in [2.45, 2.75) is 25.6 Å². The van der Waals surface area contributed by atoms with E-state index in [4.69, 9.17) is 15.3 Å². The molecule has 0 aliphatic carbocycles. The number of hydrogen-bond donors (Lipinski definition) is 4. The number of carbonyl (C=O) groups is 2. The van der Waals surface area contributed by atoms with Gasteiger partial charge in [-0.05, 0) is 20.5 Å². The molecule has 0 aliphatic heterocycles. The predicted octanol–water partition coefficient (Wildman–Crippen LogP) is -1.24. The van der Waals surface area contributed by atoms with Crippen LogP contribution in [-0.2, 0) is 9.59 Å². The van der Waals surface area contributed by atoms with Gasteiger partial charge < -0.3 is 21.1 Å². The van der Waals surface area contributed by atoms with Gasteiger partial charge in [0.2, 0.25) is 6.04 Å². The topological polar surface area (TPSA) is 124 Å². The monoisotopic (exact) mass is 222 g/mol. The molecule has 7 nitrogen and oxygen atoms in total. The van der Waals surface area contributed by atoms with Gasteiger partial charge in [-0.2, -0.15) is 0 Å². The summed E-state index contributed by atoms with van der Waals surface area (Å²) in [7, 11) is 3.71. The standard InChI is InChI=1S/C5H13NO.C3H5NO4/c1-4-5(7)6(2)3;4-1(2(5)6)3(7)8/h5,7H,4H2,1-3H3;1H,4H2,(H,5,6)(H,7,8). The SMILES string of the molecule is CCC(O)N(C)C.NC(C(=O)O)C(=O)O. The van der Waals surface area contributed by atoms with Gasteiger partial charge in [0.25, 0.3) is 0 Å². The molecule has 1 unspecified atom stereocenters. The summed E-state index contributed by atoms with van der Waals surface area (Å²) in [5.74, 6) is -3.06. The smallest absolute Gasteiger partial charge is 0.332 e. The van der Waals surface area contributed by atoms with Crippen molar-refractivity contribution in [3.05, 3.63) is 0 Å². The van der Waals surface area contributed by atoms with Crippen LogP contribution in [0.2, 0.25) is 0 Å². The Labute approximate surface area is 88.1 Å². The first kappa shape index (κ1) is 16.3. The lowest BCUT2D eigenvalue weighted by Crippen LogP contribution is -2.38. The van der Waals surface area contributed by atoms with E-state index in [9.17, 15) is 9.59 Å². The number of nitrogens with two attached hydrogens (primary N) is 1. The van der Waals surface area contributed by atoms with Crippen LogP contribution in [0.25, 0.3) is 0 Å². The molecule has 0 rings (SSSR count). The van der Waals surface area contributed by atoms with Gasteiger partial charge in [-0.3, -0.25) is 4.90 Å². The fraction of sp³-hybridized carbons (Fsp3) is 0.750. The highest BCUT2D eigenvalue weighted by Gasteiger charge is 2.18. The lowest BCUT2D eigenvalue weighted by atomic mass is 10.3. The number of carboxylic acids is 2. The molecule has 0 spiro atoms. The fourth-order valence-corrected chi connectivity index (χ4v) is 0.471. The van der Waals surface area contributed by atoms with Crippen LogP contribution < -0.4 is 5.73 Å². The van der Waals surface area contributed by atoms with E-state index in [2.05, 4.69) is 5.73 Å². The molecular formula is C8H18N2O5. The number of hydrogen-bond acceptors (Lipinski definition) is 5. The van der Waals surface area contributed by atoms with Crippen LogP contribution in [0.15, 0.2) is 0 Å². The molecule has 0 bridgehead atoms. The molecular weight excluding hydrogens is 204 g/mol. The summed E-state index contributed by atoms with van der Waals surface area (Å²) < 4.78 is 0. The summed E-state index contributed by atoms with van der Waals surface area (Å²) in [5.41, 5.74) is 4.56. The van der Waals surface area contributed by atoms with E-state index in [-0.39, 0.29) is 6.23 Å². The lowest BCUT2D eigenvalue weighted by Gasteiger charge is -2.15. The summed E-state index contributed by atoms with van der Waals surface area (Å²) in [6.45, 7) is 1.95. The van der Waals surface area contributed by atoms with Gasteiger partial charge in [0, 0.05) is 0 Å². The Morgan fingerprint density at radius 3 is 1.60 bits per heavy atom. The van der Waals surface area contributed by atoms with Gasteiger partial charge in [0.1, 0.15) is 6.23 Å². The van der Waals surface area contributed by atoms with Gasteiger partial charge in [-0.1, -0.05) is 6.92 Å². The van der Waals surface area contributed by atoms with Crippen LogP contribution >= 0.6 is 0 Å². The number of carboxylic acid groups (broad SMARTS) is 2. The summed E-state index contributed by atoms with van der Waals surface area (Å²) in [6, 6.07) is -1.80. The summed E-state index contributed by atoms with van der Waals surface area (Å²) in [5, 5.41) is 24.6. The molecule has 0 aromatic rings. The van der Waals surface area contributed by atoms with Crippen molar-refractivity contribution < 1.29 is 24.9 Å². The van der Waals surface area contributed by atoms with Crippen molar-refractivity contribution in [3.8, 4) is 0 Å². The highest BCUT2D eigenvalue weighted by molar-refractivity contribution is 5.96. The van der Waals surface area contributed by atoms with Crippen LogP contribution in [0.4, 0.5) is 0 Å². The van der Waals surface area contributed by atoms with E-state index >= 15 is 0 Å². The Hall–Kier alpha value is -1.18. The predicted molar refractivity (Wildman–Crippen MR) is 53.2 cm³/mol. The van der Waals surface area contributed by atoms with Crippen molar-refractivity contribution in [1.29, 1.82) is 0 Å². The van der Waals surface area contributed by atoms with Gasteiger partial charge in [-0.25, -0.2) is 9.59 Å². The summed E-state index contributed by atoms with van der Waals surface area (Å²) >= 11 is 0. The molecule has 0 heterocycles. The quantitative estimate of drug-likeness (QED) is 0.346. The number of aliphatic carboxylic acids is 2. The molecule has 5 N–H and O–H groups in total. The van der Waals surface area contributed by atoms with Crippen molar-refractivity contribution in [1.82, 2.24) is 4.90 Å². The third-order valence-corrected chi connectivity index (χ3v) is 1.49. The van der Waals surface area contributed by atoms with E-state index in [0.29, 0.717) is 0 Å².